The Balaban J connectivity index is 1.38. The lowest BCUT2D eigenvalue weighted by molar-refractivity contribution is 0.374. The van der Waals surface area contributed by atoms with Gasteiger partial charge < -0.3 is 14.8 Å². The van der Waals surface area contributed by atoms with Crippen molar-refractivity contribution >= 4 is 28.5 Å². The number of piperidine rings is 2. The lowest BCUT2D eigenvalue weighted by atomic mass is 9.99. The molecule has 4 heterocycles. The minimum atomic E-state index is -0.154. The number of nitrogens with zero attached hydrogens (tertiary/aromatic N) is 4. The van der Waals surface area contributed by atoms with Crippen molar-refractivity contribution < 1.29 is 4.39 Å². The fourth-order valence-corrected chi connectivity index (χ4v) is 5.47. The van der Waals surface area contributed by atoms with E-state index in [1.165, 1.54) is 24.6 Å². The number of rotatable bonds is 4. The number of anilines is 1. The molecule has 0 aliphatic carbocycles. The summed E-state index contributed by atoms with van der Waals surface area (Å²) in [6, 6.07) is 6.37. The third-order valence-electron chi connectivity index (χ3n) is 6.41. The van der Waals surface area contributed by atoms with Crippen LogP contribution in [0.4, 0.5) is 10.2 Å². The van der Waals surface area contributed by atoms with Crippen molar-refractivity contribution in [2.24, 2.45) is 5.92 Å². The molecule has 2 aromatic heterocycles. The summed E-state index contributed by atoms with van der Waals surface area (Å²) in [4.78, 5) is 12.5. The highest BCUT2D eigenvalue weighted by Crippen LogP contribution is 2.37. The standard InChI is InChI=1S/C23H28FN5S/c1-16-7-11-28(12-8-16)21-13-27-22(14-26-21)30-20-4-2-3-19-23(20)18(24)15-29(19)17-5-9-25-10-6-17/h2-4,13-17,25H,5-12H2,1H3. The zero-order valence-corrected chi connectivity index (χ0v) is 18.2. The van der Waals surface area contributed by atoms with Crippen LogP contribution in [0.25, 0.3) is 10.9 Å². The molecule has 2 fully saturated rings. The summed E-state index contributed by atoms with van der Waals surface area (Å²) in [6.45, 7) is 6.35. The second-order valence-corrected chi connectivity index (χ2v) is 9.56. The van der Waals surface area contributed by atoms with Crippen LogP contribution in [0, 0.1) is 11.7 Å². The molecule has 7 heteroatoms. The van der Waals surface area contributed by atoms with Crippen LogP contribution in [0.15, 0.2) is 46.7 Å². The number of nitrogens with one attached hydrogen (secondary N) is 1. The molecule has 0 amide bonds. The van der Waals surface area contributed by atoms with Gasteiger partial charge in [0.1, 0.15) is 16.7 Å². The Kier molecular flexibility index (Phi) is 5.65. The maximum absolute atomic E-state index is 15.0. The maximum atomic E-state index is 15.0. The Morgan fingerprint density at radius 3 is 2.60 bits per heavy atom. The zero-order valence-electron chi connectivity index (χ0n) is 17.4. The fraction of sp³-hybridized carbons (Fsp3) is 0.478. The van der Waals surface area contributed by atoms with Crippen molar-refractivity contribution in [2.75, 3.05) is 31.1 Å². The molecule has 30 heavy (non-hydrogen) atoms. The Morgan fingerprint density at radius 2 is 1.87 bits per heavy atom. The highest BCUT2D eigenvalue weighted by Gasteiger charge is 2.21. The highest BCUT2D eigenvalue weighted by molar-refractivity contribution is 7.99. The minimum absolute atomic E-state index is 0.154. The number of benzene rings is 1. The second kappa shape index (κ2) is 8.55. The molecule has 0 unspecified atom stereocenters. The van der Waals surface area contributed by atoms with Gasteiger partial charge in [0.05, 0.1) is 17.9 Å². The molecule has 2 aliphatic rings. The fourth-order valence-electron chi connectivity index (χ4n) is 4.58. The van der Waals surface area contributed by atoms with E-state index >= 15 is 0 Å². The normalized spacial score (nSPS) is 18.9. The van der Waals surface area contributed by atoms with Gasteiger partial charge in [0.25, 0.3) is 0 Å². The number of aromatic nitrogens is 3. The van der Waals surface area contributed by atoms with Gasteiger partial charge >= 0.3 is 0 Å². The van der Waals surface area contributed by atoms with Gasteiger partial charge in [0.2, 0.25) is 0 Å². The summed E-state index contributed by atoms with van der Waals surface area (Å²) in [6.07, 6.45) is 9.82. The predicted octanol–water partition coefficient (Wildman–Crippen LogP) is 4.88. The molecule has 5 rings (SSSR count). The lowest BCUT2D eigenvalue weighted by Gasteiger charge is -2.30. The Bertz CT molecular complexity index is 1000. The summed E-state index contributed by atoms with van der Waals surface area (Å²) in [5.74, 6) is 1.57. The molecule has 0 atom stereocenters. The zero-order chi connectivity index (χ0) is 20.5. The van der Waals surface area contributed by atoms with E-state index in [1.807, 2.05) is 30.6 Å². The molecule has 1 aromatic carbocycles. The van der Waals surface area contributed by atoms with Gasteiger partial charge in [0, 0.05) is 35.6 Å². The SMILES string of the molecule is CC1CCN(c2cnc(Sc3cccc4c3c(F)cn4C3CCNCC3)cn2)CC1. The third-order valence-corrected chi connectivity index (χ3v) is 7.39. The number of fused-ring (bicyclic) bond motifs is 1. The highest BCUT2D eigenvalue weighted by atomic mass is 32.2. The topological polar surface area (TPSA) is 46.0 Å². The third kappa shape index (κ3) is 3.93. The van der Waals surface area contributed by atoms with Gasteiger partial charge in [-0.25, -0.2) is 14.4 Å². The van der Waals surface area contributed by atoms with Crippen molar-refractivity contribution in [1.82, 2.24) is 19.9 Å². The lowest BCUT2D eigenvalue weighted by Crippen LogP contribution is -2.33. The van der Waals surface area contributed by atoms with E-state index in [0.717, 1.165) is 66.2 Å². The molecule has 0 radical (unpaired) electrons. The van der Waals surface area contributed by atoms with Crippen molar-refractivity contribution in [3.8, 4) is 0 Å². The van der Waals surface area contributed by atoms with Crippen molar-refractivity contribution in [2.45, 2.75) is 48.6 Å². The van der Waals surface area contributed by atoms with Gasteiger partial charge in [0.15, 0.2) is 0 Å². The molecule has 0 spiro atoms. The monoisotopic (exact) mass is 425 g/mol. The summed E-state index contributed by atoms with van der Waals surface area (Å²) < 4.78 is 17.1. The van der Waals surface area contributed by atoms with Crippen molar-refractivity contribution in [3.05, 3.63) is 42.6 Å². The largest absolute Gasteiger partial charge is 0.355 e. The quantitative estimate of drug-likeness (QED) is 0.645. The van der Waals surface area contributed by atoms with E-state index in [9.17, 15) is 4.39 Å². The average molecular weight is 426 g/mol. The first-order valence-corrected chi connectivity index (χ1v) is 11.8. The molecule has 158 valence electrons. The Hall–Kier alpha value is -2.12. The summed E-state index contributed by atoms with van der Waals surface area (Å²) in [5.41, 5.74) is 0.969. The van der Waals surface area contributed by atoms with Crippen LogP contribution in [-0.4, -0.2) is 40.7 Å². The van der Waals surface area contributed by atoms with Gasteiger partial charge in [-0.3, -0.25) is 0 Å². The van der Waals surface area contributed by atoms with E-state index < -0.39 is 0 Å². The minimum Gasteiger partial charge on any atom is -0.355 e. The first kappa shape index (κ1) is 19.8. The summed E-state index contributed by atoms with van der Waals surface area (Å²) >= 11 is 1.49. The van der Waals surface area contributed by atoms with Gasteiger partial charge in [-0.15, -0.1) is 0 Å². The van der Waals surface area contributed by atoms with E-state index in [1.54, 1.807) is 6.20 Å². The summed E-state index contributed by atoms with van der Waals surface area (Å²) in [5, 5.41) is 4.87. The van der Waals surface area contributed by atoms with Crippen molar-refractivity contribution in [1.29, 1.82) is 0 Å². The molecule has 5 nitrogen and oxygen atoms in total. The van der Waals surface area contributed by atoms with Crippen molar-refractivity contribution in [3.63, 3.8) is 0 Å². The number of hydrogen-bond acceptors (Lipinski definition) is 5. The van der Waals surface area contributed by atoms with Crippen LogP contribution in [-0.2, 0) is 0 Å². The van der Waals surface area contributed by atoms with Crippen LogP contribution in [0.2, 0.25) is 0 Å². The first-order valence-electron chi connectivity index (χ1n) is 10.9. The average Bonchev–Trinajstić information content (AvgIpc) is 3.13. The first-order chi connectivity index (χ1) is 14.7. The van der Waals surface area contributed by atoms with E-state index in [2.05, 4.69) is 31.7 Å². The second-order valence-electron chi connectivity index (χ2n) is 8.50. The maximum Gasteiger partial charge on any atom is 0.149 e. The van der Waals surface area contributed by atoms with Crippen LogP contribution in [0.3, 0.4) is 0 Å². The molecule has 3 aromatic rings. The van der Waals surface area contributed by atoms with Crippen LogP contribution in [0.1, 0.15) is 38.6 Å². The van der Waals surface area contributed by atoms with E-state index in [-0.39, 0.29) is 5.82 Å². The molecule has 1 N–H and O–H groups in total. The van der Waals surface area contributed by atoms with Crippen LogP contribution >= 0.6 is 11.8 Å². The molecule has 2 saturated heterocycles. The van der Waals surface area contributed by atoms with Gasteiger partial charge in [-0.1, -0.05) is 24.8 Å². The molecule has 0 saturated carbocycles. The van der Waals surface area contributed by atoms with E-state index in [4.69, 9.17) is 0 Å². The van der Waals surface area contributed by atoms with Crippen LogP contribution < -0.4 is 10.2 Å². The molecule has 2 aliphatic heterocycles. The van der Waals surface area contributed by atoms with Gasteiger partial charge in [-0.05, 0) is 56.8 Å². The Labute approximate surface area is 181 Å². The van der Waals surface area contributed by atoms with Crippen LogP contribution in [0.5, 0.6) is 0 Å². The molecular weight excluding hydrogens is 397 g/mol. The number of hydrogen-bond donors (Lipinski definition) is 1. The van der Waals surface area contributed by atoms with E-state index in [0.29, 0.717) is 11.4 Å². The molecular formula is C23H28FN5S. The Morgan fingerprint density at radius 1 is 1.07 bits per heavy atom. The summed E-state index contributed by atoms with van der Waals surface area (Å²) in [7, 11) is 0. The van der Waals surface area contributed by atoms with Gasteiger partial charge in [-0.2, -0.15) is 0 Å². The smallest absolute Gasteiger partial charge is 0.149 e. The molecule has 0 bridgehead atoms. The predicted molar refractivity (Wildman–Crippen MR) is 120 cm³/mol. The number of halogens is 1.